The average molecular weight is 355 g/mol. The van der Waals surface area contributed by atoms with Crippen LogP contribution in [0, 0.1) is 0 Å². The van der Waals surface area contributed by atoms with Crippen molar-refractivity contribution in [2.24, 2.45) is 4.99 Å². The van der Waals surface area contributed by atoms with E-state index >= 15 is 0 Å². The van der Waals surface area contributed by atoms with Crippen LogP contribution >= 0.6 is 0 Å². The molecule has 2 aliphatic rings. The Kier molecular flexibility index (Phi) is 10.9. The Morgan fingerprint density at radius 2 is 1.76 bits per heavy atom. The van der Waals surface area contributed by atoms with Crippen molar-refractivity contribution in [3.63, 3.8) is 0 Å². The molecule has 1 aliphatic carbocycles. The van der Waals surface area contributed by atoms with Crippen LogP contribution in [0.5, 0.6) is 0 Å². The summed E-state index contributed by atoms with van der Waals surface area (Å²) >= 11 is 0. The molecular formula is C19H38N4O2. The number of rotatable bonds is 9. The molecule has 2 rings (SSSR count). The normalized spacial score (nSPS) is 21.1. The van der Waals surface area contributed by atoms with E-state index in [9.17, 15) is 0 Å². The van der Waals surface area contributed by atoms with Gasteiger partial charge in [0.2, 0.25) is 0 Å². The standard InChI is InChI=1S/C19H38N4O2/c1-20-19(21-10-6-7-12-23-13-16-24-17-14-23)22-11-15-25-18-8-4-2-3-5-9-18/h18H,2-17H2,1H3,(H2,20,21,22). The number of ether oxygens (including phenoxy) is 2. The monoisotopic (exact) mass is 354 g/mol. The van der Waals surface area contributed by atoms with Crippen LogP contribution in [0.1, 0.15) is 51.4 Å². The Hall–Kier alpha value is -0.850. The fourth-order valence-corrected chi connectivity index (χ4v) is 3.52. The number of hydrogen-bond acceptors (Lipinski definition) is 4. The third-order valence-electron chi connectivity index (χ3n) is 5.07. The second-order valence-electron chi connectivity index (χ2n) is 7.07. The van der Waals surface area contributed by atoms with E-state index in [1.807, 2.05) is 7.05 Å². The maximum atomic E-state index is 6.01. The van der Waals surface area contributed by atoms with Crippen molar-refractivity contribution >= 4 is 5.96 Å². The van der Waals surface area contributed by atoms with Gasteiger partial charge in [-0.05, 0) is 32.2 Å². The number of unbranched alkanes of at least 4 members (excludes halogenated alkanes) is 1. The van der Waals surface area contributed by atoms with Gasteiger partial charge in [0.05, 0.1) is 25.9 Å². The van der Waals surface area contributed by atoms with Gasteiger partial charge in [0, 0.05) is 33.2 Å². The van der Waals surface area contributed by atoms with Crippen molar-refractivity contribution in [1.82, 2.24) is 15.5 Å². The van der Waals surface area contributed by atoms with Crippen molar-refractivity contribution in [3.8, 4) is 0 Å². The number of nitrogens with one attached hydrogen (secondary N) is 2. The third kappa shape index (κ3) is 9.42. The van der Waals surface area contributed by atoms with Gasteiger partial charge in [-0.1, -0.05) is 25.7 Å². The molecule has 146 valence electrons. The molecule has 1 heterocycles. The molecule has 0 unspecified atom stereocenters. The molecule has 2 N–H and O–H groups in total. The van der Waals surface area contributed by atoms with Crippen LogP contribution < -0.4 is 10.6 Å². The molecule has 1 saturated carbocycles. The zero-order chi connectivity index (χ0) is 17.6. The van der Waals surface area contributed by atoms with Crippen molar-refractivity contribution in [1.29, 1.82) is 0 Å². The molecule has 1 aliphatic heterocycles. The number of guanidine groups is 1. The maximum absolute atomic E-state index is 6.01. The van der Waals surface area contributed by atoms with E-state index in [0.717, 1.165) is 58.4 Å². The van der Waals surface area contributed by atoms with E-state index < -0.39 is 0 Å². The van der Waals surface area contributed by atoms with Crippen molar-refractivity contribution in [2.75, 3.05) is 59.6 Å². The van der Waals surface area contributed by atoms with Gasteiger partial charge in [-0.3, -0.25) is 9.89 Å². The molecule has 25 heavy (non-hydrogen) atoms. The number of aliphatic imine (C=N–C) groups is 1. The van der Waals surface area contributed by atoms with Crippen LogP contribution in [0.4, 0.5) is 0 Å². The summed E-state index contributed by atoms with van der Waals surface area (Å²) in [5.41, 5.74) is 0. The summed E-state index contributed by atoms with van der Waals surface area (Å²) in [4.78, 5) is 6.77. The first-order valence-electron chi connectivity index (χ1n) is 10.2. The summed E-state index contributed by atoms with van der Waals surface area (Å²) in [7, 11) is 1.83. The second kappa shape index (κ2) is 13.4. The topological polar surface area (TPSA) is 58.1 Å². The predicted octanol–water partition coefficient (Wildman–Crippen LogP) is 2.00. The van der Waals surface area contributed by atoms with Crippen molar-refractivity contribution in [3.05, 3.63) is 0 Å². The lowest BCUT2D eigenvalue weighted by Crippen LogP contribution is -2.40. The van der Waals surface area contributed by atoms with Crippen LogP contribution in [0.15, 0.2) is 4.99 Å². The molecule has 1 saturated heterocycles. The Morgan fingerprint density at radius 3 is 2.48 bits per heavy atom. The van der Waals surface area contributed by atoms with Gasteiger partial charge in [0.1, 0.15) is 0 Å². The van der Waals surface area contributed by atoms with Crippen LogP contribution in [0.3, 0.4) is 0 Å². The van der Waals surface area contributed by atoms with Gasteiger partial charge >= 0.3 is 0 Å². The lowest BCUT2D eigenvalue weighted by molar-refractivity contribution is 0.0372. The Labute approximate surface area is 153 Å². The van der Waals surface area contributed by atoms with Gasteiger partial charge < -0.3 is 20.1 Å². The van der Waals surface area contributed by atoms with E-state index in [-0.39, 0.29) is 0 Å². The summed E-state index contributed by atoms with van der Waals surface area (Å²) in [6, 6.07) is 0. The minimum Gasteiger partial charge on any atom is -0.379 e. The van der Waals surface area contributed by atoms with Gasteiger partial charge in [-0.15, -0.1) is 0 Å². The zero-order valence-electron chi connectivity index (χ0n) is 16.1. The molecule has 6 nitrogen and oxygen atoms in total. The Bertz CT molecular complexity index is 351. The first-order valence-corrected chi connectivity index (χ1v) is 10.2. The maximum Gasteiger partial charge on any atom is 0.191 e. The lowest BCUT2D eigenvalue weighted by Gasteiger charge is -2.26. The molecule has 0 spiro atoms. The molecule has 0 aromatic carbocycles. The minimum absolute atomic E-state index is 0.472. The zero-order valence-corrected chi connectivity index (χ0v) is 16.1. The van der Waals surface area contributed by atoms with E-state index in [0.29, 0.717) is 6.10 Å². The van der Waals surface area contributed by atoms with E-state index in [2.05, 4.69) is 20.5 Å². The van der Waals surface area contributed by atoms with Crippen LogP contribution in [-0.2, 0) is 9.47 Å². The molecule has 2 fully saturated rings. The summed E-state index contributed by atoms with van der Waals surface area (Å²) in [6.45, 7) is 7.66. The molecule has 6 heteroatoms. The highest BCUT2D eigenvalue weighted by Gasteiger charge is 2.12. The number of hydrogen-bond donors (Lipinski definition) is 2. The number of morpholine rings is 1. The van der Waals surface area contributed by atoms with Crippen LogP contribution in [0.25, 0.3) is 0 Å². The van der Waals surface area contributed by atoms with Gasteiger partial charge in [-0.25, -0.2) is 0 Å². The molecule has 0 atom stereocenters. The largest absolute Gasteiger partial charge is 0.379 e. The highest BCUT2D eigenvalue weighted by molar-refractivity contribution is 5.79. The quantitative estimate of drug-likeness (QED) is 0.287. The number of nitrogens with zero attached hydrogens (tertiary/aromatic N) is 2. The highest BCUT2D eigenvalue weighted by Crippen LogP contribution is 2.19. The lowest BCUT2D eigenvalue weighted by atomic mass is 10.1. The first kappa shape index (κ1) is 20.5. The molecule has 0 aromatic rings. The first-order chi connectivity index (χ1) is 12.4. The molecule has 0 amide bonds. The molecular weight excluding hydrogens is 316 g/mol. The Balaban J connectivity index is 1.44. The van der Waals surface area contributed by atoms with Gasteiger partial charge in [0.25, 0.3) is 0 Å². The van der Waals surface area contributed by atoms with Crippen LogP contribution in [0.2, 0.25) is 0 Å². The van der Waals surface area contributed by atoms with E-state index in [1.165, 1.54) is 51.5 Å². The third-order valence-corrected chi connectivity index (χ3v) is 5.07. The molecule has 0 bridgehead atoms. The van der Waals surface area contributed by atoms with Crippen LogP contribution in [-0.4, -0.2) is 76.6 Å². The molecule has 0 radical (unpaired) electrons. The minimum atomic E-state index is 0.472. The summed E-state index contributed by atoms with van der Waals surface area (Å²) in [5.74, 6) is 0.885. The van der Waals surface area contributed by atoms with Crippen molar-refractivity contribution < 1.29 is 9.47 Å². The van der Waals surface area contributed by atoms with E-state index in [1.54, 1.807) is 0 Å². The smallest absolute Gasteiger partial charge is 0.191 e. The molecule has 0 aromatic heterocycles. The average Bonchev–Trinajstić information content (AvgIpc) is 2.93. The summed E-state index contributed by atoms with van der Waals surface area (Å²) < 4.78 is 11.4. The summed E-state index contributed by atoms with van der Waals surface area (Å²) in [5, 5.41) is 6.75. The van der Waals surface area contributed by atoms with E-state index in [4.69, 9.17) is 9.47 Å². The SMILES string of the molecule is CN=C(NCCCCN1CCOCC1)NCCOC1CCCCCC1. The Morgan fingerprint density at radius 1 is 1.04 bits per heavy atom. The summed E-state index contributed by atoms with van der Waals surface area (Å²) in [6.07, 6.45) is 10.7. The second-order valence-corrected chi connectivity index (χ2v) is 7.07. The predicted molar refractivity (Wildman–Crippen MR) is 103 cm³/mol. The van der Waals surface area contributed by atoms with Crippen molar-refractivity contribution in [2.45, 2.75) is 57.5 Å². The van der Waals surface area contributed by atoms with Gasteiger partial charge in [0.15, 0.2) is 5.96 Å². The fraction of sp³-hybridized carbons (Fsp3) is 0.947. The highest BCUT2D eigenvalue weighted by atomic mass is 16.5. The fourth-order valence-electron chi connectivity index (χ4n) is 3.52. The van der Waals surface area contributed by atoms with Gasteiger partial charge in [-0.2, -0.15) is 0 Å².